The van der Waals surface area contributed by atoms with Crippen molar-refractivity contribution in [2.24, 2.45) is 24.9 Å². The molecule has 0 amide bonds. The summed E-state index contributed by atoms with van der Waals surface area (Å²) in [5.74, 6) is 6.34. The van der Waals surface area contributed by atoms with E-state index in [1.54, 1.807) is 47.8 Å². The summed E-state index contributed by atoms with van der Waals surface area (Å²) in [6.45, 7) is 6.47. The molecule has 2 saturated heterocycles. The SMILES string of the molecule is Cn1c(SCCCN2CC[C@@]3(C[C@H]3c3ccc(C(F)(F)F)cc3)C2)nnc1C1CCCCC1.Cn1c(SCCCN2CC[C@]3(C[C@@H]3c3ccc(C(F)(F)F)cc3)C2)nnc1C1CCCCC1. The average molecular weight is 957 g/mol. The third kappa shape index (κ3) is 11.0. The van der Waals surface area contributed by atoms with Crippen molar-refractivity contribution < 1.29 is 26.3 Å². The topological polar surface area (TPSA) is 67.9 Å². The standard InChI is InChI=1S/2C25H33F3N4S/c2*1-31-22(19-6-3-2-4-7-19)29-30-23(31)33-15-5-13-32-14-12-24(17-32)16-21(24)18-8-10-20(11-9-18)25(26,27)28/h2*8-11,19,21H,2-7,12-17H2,1H3/t2*21-,24+/m10/s1. The lowest BCUT2D eigenvalue weighted by Gasteiger charge is -2.20. The first-order valence-corrected chi connectivity index (χ1v) is 26.5. The maximum Gasteiger partial charge on any atom is 0.416 e. The van der Waals surface area contributed by atoms with Crippen LogP contribution in [0.25, 0.3) is 0 Å². The Kier molecular flexibility index (Phi) is 14.6. The molecule has 2 aromatic heterocycles. The zero-order valence-electron chi connectivity index (χ0n) is 38.6. The number of hydrogen-bond donors (Lipinski definition) is 0. The normalized spacial score (nSPS) is 26.4. The van der Waals surface area contributed by atoms with Gasteiger partial charge in [0.1, 0.15) is 11.6 Å². The van der Waals surface area contributed by atoms with Gasteiger partial charge in [-0.2, -0.15) is 26.3 Å². The van der Waals surface area contributed by atoms with Crippen LogP contribution in [-0.2, 0) is 26.4 Å². The monoisotopic (exact) mass is 956 g/mol. The summed E-state index contributed by atoms with van der Waals surface area (Å²) in [6.07, 6.45) is 11.1. The zero-order chi connectivity index (χ0) is 46.1. The average Bonchev–Trinajstić information content (AvgIpc) is 3.85. The van der Waals surface area contributed by atoms with Crippen LogP contribution in [0.2, 0.25) is 0 Å². The number of hydrogen-bond acceptors (Lipinski definition) is 8. The van der Waals surface area contributed by atoms with Gasteiger partial charge in [0.25, 0.3) is 0 Å². The second-order valence-electron chi connectivity index (χ2n) is 20.4. The first-order chi connectivity index (χ1) is 31.7. The van der Waals surface area contributed by atoms with Crippen molar-refractivity contribution in [3.05, 3.63) is 82.4 Å². The quantitative estimate of drug-likeness (QED) is 0.0703. The van der Waals surface area contributed by atoms with Crippen LogP contribution in [0.1, 0.15) is 160 Å². The van der Waals surface area contributed by atoms with Crippen molar-refractivity contribution in [3.63, 3.8) is 0 Å². The minimum Gasteiger partial charge on any atom is -0.309 e. The summed E-state index contributed by atoms with van der Waals surface area (Å²) in [4.78, 5) is 5.07. The predicted molar refractivity (Wildman–Crippen MR) is 249 cm³/mol. The Morgan fingerprint density at radius 2 is 0.924 bits per heavy atom. The fourth-order valence-corrected chi connectivity index (χ4v) is 13.6. The van der Waals surface area contributed by atoms with Gasteiger partial charge in [0.2, 0.25) is 0 Å². The Morgan fingerprint density at radius 1 is 0.545 bits per heavy atom. The first-order valence-electron chi connectivity index (χ1n) is 24.5. The van der Waals surface area contributed by atoms with Gasteiger partial charge in [0, 0.05) is 50.5 Å². The molecule has 66 heavy (non-hydrogen) atoms. The lowest BCUT2D eigenvalue weighted by Crippen LogP contribution is -2.23. The van der Waals surface area contributed by atoms with Crippen LogP contribution < -0.4 is 0 Å². The van der Waals surface area contributed by atoms with Gasteiger partial charge in [-0.3, -0.25) is 0 Å². The minimum atomic E-state index is -4.26. The largest absolute Gasteiger partial charge is 0.416 e. The number of thioether (sulfide) groups is 2. The van der Waals surface area contributed by atoms with Crippen molar-refractivity contribution in [3.8, 4) is 0 Å². The van der Waals surface area contributed by atoms with Crippen LogP contribution in [0.3, 0.4) is 0 Å². The van der Waals surface area contributed by atoms with Gasteiger partial charge in [0.05, 0.1) is 11.1 Å². The molecule has 4 heterocycles. The van der Waals surface area contributed by atoms with E-state index in [-0.39, 0.29) is 10.8 Å². The molecule has 0 unspecified atom stereocenters. The van der Waals surface area contributed by atoms with E-state index in [9.17, 15) is 26.3 Å². The van der Waals surface area contributed by atoms with Crippen molar-refractivity contribution >= 4 is 23.5 Å². The summed E-state index contributed by atoms with van der Waals surface area (Å²) in [5.41, 5.74) is 1.59. The van der Waals surface area contributed by atoms with Gasteiger partial charge in [-0.25, -0.2) is 0 Å². The molecule has 4 aliphatic carbocycles. The van der Waals surface area contributed by atoms with Crippen LogP contribution >= 0.6 is 23.5 Å². The van der Waals surface area contributed by atoms with E-state index in [0.29, 0.717) is 23.7 Å². The number of nitrogens with zero attached hydrogens (tertiary/aromatic N) is 8. The highest BCUT2D eigenvalue weighted by molar-refractivity contribution is 7.99. The molecular weight excluding hydrogens is 891 g/mol. The molecule has 2 spiro atoms. The summed E-state index contributed by atoms with van der Waals surface area (Å²) in [7, 11) is 4.20. The fourth-order valence-electron chi connectivity index (χ4n) is 11.9. The second-order valence-corrected chi connectivity index (χ2v) is 22.5. The molecular formula is C50H66F6N8S2. The summed E-state index contributed by atoms with van der Waals surface area (Å²) < 4.78 is 81.4. The number of rotatable bonds is 14. The molecule has 0 bridgehead atoms. The molecule has 4 saturated carbocycles. The Balaban J connectivity index is 0.000000166. The highest BCUT2D eigenvalue weighted by Gasteiger charge is 2.58. The predicted octanol–water partition coefficient (Wildman–Crippen LogP) is 12.5. The number of alkyl halides is 6. The maximum absolute atomic E-state index is 12.8. The Labute approximate surface area is 394 Å². The number of likely N-dealkylation sites (tertiary alicyclic amines) is 2. The van der Waals surface area contributed by atoms with E-state index in [4.69, 9.17) is 0 Å². The van der Waals surface area contributed by atoms with Gasteiger partial charge in [-0.05, 0) is 148 Å². The minimum absolute atomic E-state index is 0.283. The van der Waals surface area contributed by atoms with Crippen LogP contribution in [0.4, 0.5) is 26.3 Å². The Morgan fingerprint density at radius 3 is 1.29 bits per heavy atom. The molecule has 2 aromatic carbocycles. The third-order valence-corrected chi connectivity index (χ3v) is 18.2. The van der Waals surface area contributed by atoms with Crippen LogP contribution in [-0.4, -0.2) is 90.1 Å². The van der Waals surface area contributed by atoms with E-state index >= 15 is 0 Å². The fraction of sp³-hybridized carbons (Fsp3) is 0.680. The zero-order valence-corrected chi connectivity index (χ0v) is 40.2. The summed E-state index contributed by atoms with van der Waals surface area (Å²) >= 11 is 3.60. The van der Waals surface area contributed by atoms with Crippen molar-refractivity contribution in [1.82, 2.24) is 39.3 Å². The van der Waals surface area contributed by atoms with E-state index in [1.807, 2.05) is 0 Å². The lowest BCUT2D eigenvalue weighted by molar-refractivity contribution is -0.138. The number of halogens is 6. The van der Waals surface area contributed by atoms with Crippen molar-refractivity contribution in [2.75, 3.05) is 50.8 Å². The van der Waals surface area contributed by atoms with Crippen LogP contribution in [0, 0.1) is 10.8 Å². The Bertz CT molecular complexity index is 2060. The molecule has 2 aliphatic heterocycles. The van der Waals surface area contributed by atoms with Gasteiger partial charge >= 0.3 is 12.4 Å². The van der Waals surface area contributed by atoms with Gasteiger partial charge in [-0.15, -0.1) is 20.4 Å². The summed E-state index contributed by atoms with van der Waals surface area (Å²) in [5, 5.41) is 19.9. The maximum atomic E-state index is 12.8. The second kappa shape index (κ2) is 20.1. The first kappa shape index (κ1) is 48.0. The molecule has 0 radical (unpaired) electrons. The lowest BCUT2D eigenvalue weighted by atomic mass is 9.89. The summed E-state index contributed by atoms with van der Waals surface area (Å²) in [6, 6.07) is 11.7. The molecule has 4 atom stereocenters. The Hall–Kier alpha value is -3.08. The van der Waals surface area contributed by atoms with Gasteiger partial charge in [0.15, 0.2) is 10.3 Å². The van der Waals surface area contributed by atoms with E-state index < -0.39 is 23.5 Å². The van der Waals surface area contributed by atoms with Crippen LogP contribution in [0.15, 0.2) is 58.8 Å². The molecule has 4 aromatic rings. The molecule has 6 aliphatic rings. The van der Waals surface area contributed by atoms with Crippen molar-refractivity contribution in [1.29, 1.82) is 0 Å². The van der Waals surface area contributed by atoms with Gasteiger partial charge < -0.3 is 18.9 Å². The van der Waals surface area contributed by atoms with E-state index in [2.05, 4.69) is 53.4 Å². The highest BCUT2D eigenvalue weighted by Crippen LogP contribution is 2.65. The number of benzene rings is 2. The molecule has 360 valence electrons. The van der Waals surface area contributed by atoms with E-state index in [1.165, 1.54) is 88.5 Å². The molecule has 6 fully saturated rings. The molecule has 16 heteroatoms. The van der Waals surface area contributed by atoms with Gasteiger partial charge in [-0.1, -0.05) is 86.3 Å². The van der Waals surface area contributed by atoms with Crippen molar-refractivity contribution in [2.45, 2.75) is 149 Å². The smallest absolute Gasteiger partial charge is 0.309 e. The highest BCUT2D eigenvalue weighted by atomic mass is 32.2. The molecule has 10 rings (SSSR count). The van der Waals surface area contributed by atoms with Crippen LogP contribution in [0.5, 0.6) is 0 Å². The number of aromatic nitrogens is 6. The third-order valence-electron chi connectivity index (χ3n) is 16.0. The van der Waals surface area contributed by atoms with E-state index in [0.717, 1.165) is 122 Å². The molecule has 8 nitrogen and oxygen atoms in total. The molecule has 0 N–H and O–H groups in total.